The summed E-state index contributed by atoms with van der Waals surface area (Å²) in [5.41, 5.74) is 2.33. The Labute approximate surface area is 197 Å². The van der Waals surface area contributed by atoms with E-state index in [1.165, 1.54) is 12.1 Å². The SMILES string of the molecule is CCOC(=O)c1c(C)oc2c1c(C(c1ccc(F)cc1)N1CCCCC1)c(O)c1ccccc12. The van der Waals surface area contributed by atoms with E-state index in [1.54, 1.807) is 26.0 Å². The molecule has 0 amide bonds. The molecule has 1 atom stereocenters. The second-order valence-corrected chi connectivity index (χ2v) is 8.82. The minimum atomic E-state index is -0.480. The molecule has 2 heterocycles. The van der Waals surface area contributed by atoms with Crippen molar-refractivity contribution in [2.24, 2.45) is 0 Å². The van der Waals surface area contributed by atoms with Crippen molar-refractivity contribution in [1.29, 1.82) is 0 Å². The van der Waals surface area contributed by atoms with Gasteiger partial charge in [0.25, 0.3) is 0 Å². The molecule has 6 heteroatoms. The van der Waals surface area contributed by atoms with E-state index in [0.717, 1.165) is 43.3 Å². The number of aryl methyl sites for hydroxylation is 1. The lowest BCUT2D eigenvalue weighted by molar-refractivity contribution is 0.0526. The number of aromatic hydroxyl groups is 1. The van der Waals surface area contributed by atoms with Gasteiger partial charge in [-0.3, -0.25) is 4.90 Å². The van der Waals surface area contributed by atoms with Gasteiger partial charge in [0, 0.05) is 21.7 Å². The van der Waals surface area contributed by atoms with Gasteiger partial charge >= 0.3 is 5.97 Å². The minimum Gasteiger partial charge on any atom is -0.507 e. The van der Waals surface area contributed by atoms with Crippen molar-refractivity contribution in [3.05, 3.63) is 76.8 Å². The minimum absolute atomic E-state index is 0.106. The number of esters is 1. The van der Waals surface area contributed by atoms with Crippen LogP contribution in [0.2, 0.25) is 0 Å². The molecular formula is C28H28FNO4. The van der Waals surface area contributed by atoms with E-state index >= 15 is 0 Å². The standard InChI is InChI=1S/C28H28FNO4/c1-3-33-28(32)22-17(2)34-27-21-10-6-5-9-20(21)26(31)24(23(22)27)25(30-15-7-4-8-16-30)18-11-13-19(29)14-12-18/h5-6,9-14,25,31H,3-4,7-8,15-16H2,1-2H3. The molecule has 5 nitrogen and oxygen atoms in total. The number of rotatable bonds is 5. The highest BCUT2D eigenvalue weighted by Crippen LogP contribution is 2.47. The zero-order valence-corrected chi connectivity index (χ0v) is 19.4. The molecule has 1 saturated heterocycles. The van der Waals surface area contributed by atoms with E-state index in [2.05, 4.69) is 4.90 Å². The number of phenolic OH excluding ortho intramolecular Hbond substituents is 1. The van der Waals surface area contributed by atoms with Crippen molar-refractivity contribution >= 4 is 27.7 Å². The molecule has 1 aliphatic rings. The van der Waals surface area contributed by atoms with Gasteiger partial charge in [-0.15, -0.1) is 0 Å². The Morgan fingerprint density at radius 3 is 2.44 bits per heavy atom. The number of nitrogens with zero attached hydrogens (tertiary/aromatic N) is 1. The van der Waals surface area contributed by atoms with Gasteiger partial charge in [0.05, 0.1) is 12.6 Å². The summed E-state index contributed by atoms with van der Waals surface area (Å²) in [6.45, 7) is 5.41. The van der Waals surface area contributed by atoms with Crippen LogP contribution in [0.4, 0.5) is 4.39 Å². The fourth-order valence-corrected chi connectivity index (χ4v) is 5.24. The Morgan fingerprint density at radius 1 is 1.09 bits per heavy atom. The van der Waals surface area contributed by atoms with E-state index in [4.69, 9.17) is 9.15 Å². The van der Waals surface area contributed by atoms with Crippen LogP contribution in [-0.2, 0) is 4.74 Å². The molecule has 5 rings (SSSR count). The first-order chi connectivity index (χ1) is 16.5. The lowest BCUT2D eigenvalue weighted by Gasteiger charge is -2.36. The van der Waals surface area contributed by atoms with Crippen LogP contribution in [0.3, 0.4) is 0 Å². The van der Waals surface area contributed by atoms with Gasteiger partial charge in [-0.05, 0) is 57.5 Å². The van der Waals surface area contributed by atoms with Gasteiger partial charge < -0.3 is 14.3 Å². The molecule has 0 aliphatic carbocycles. The van der Waals surface area contributed by atoms with Gasteiger partial charge in [0.2, 0.25) is 0 Å². The zero-order chi connectivity index (χ0) is 23.8. The molecule has 0 bridgehead atoms. The number of likely N-dealkylation sites (tertiary alicyclic amines) is 1. The zero-order valence-electron chi connectivity index (χ0n) is 19.4. The maximum absolute atomic E-state index is 13.9. The Bertz CT molecular complexity index is 1350. The van der Waals surface area contributed by atoms with Gasteiger partial charge in [0.15, 0.2) is 0 Å². The van der Waals surface area contributed by atoms with Crippen LogP contribution >= 0.6 is 0 Å². The highest BCUT2D eigenvalue weighted by Gasteiger charge is 2.34. The van der Waals surface area contributed by atoms with Crippen LogP contribution in [-0.4, -0.2) is 35.7 Å². The highest BCUT2D eigenvalue weighted by atomic mass is 19.1. The first-order valence-corrected chi connectivity index (χ1v) is 11.8. The van der Waals surface area contributed by atoms with Crippen LogP contribution in [0.15, 0.2) is 52.9 Å². The number of halogens is 1. The Morgan fingerprint density at radius 2 is 1.76 bits per heavy atom. The average molecular weight is 462 g/mol. The molecule has 1 aromatic heterocycles. The summed E-state index contributed by atoms with van der Waals surface area (Å²) in [7, 11) is 0. The number of carbonyl (C=O) groups is 1. The molecule has 1 fully saturated rings. The molecule has 0 radical (unpaired) electrons. The first kappa shape index (κ1) is 22.4. The summed E-state index contributed by atoms with van der Waals surface area (Å²) in [6, 6.07) is 13.5. The molecule has 176 valence electrons. The third kappa shape index (κ3) is 3.72. The topological polar surface area (TPSA) is 62.9 Å². The van der Waals surface area contributed by atoms with Gasteiger partial charge in [0.1, 0.15) is 28.5 Å². The largest absolute Gasteiger partial charge is 0.507 e. The van der Waals surface area contributed by atoms with E-state index in [0.29, 0.717) is 33.2 Å². The normalized spacial score (nSPS) is 15.6. The maximum atomic E-state index is 13.9. The lowest BCUT2D eigenvalue weighted by atomic mass is 9.88. The van der Waals surface area contributed by atoms with Crippen molar-refractivity contribution in [1.82, 2.24) is 4.90 Å². The van der Waals surface area contributed by atoms with Crippen molar-refractivity contribution in [2.75, 3.05) is 19.7 Å². The lowest BCUT2D eigenvalue weighted by Crippen LogP contribution is -2.34. The highest BCUT2D eigenvalue weighted by molar-refractivity contribution is 6.16. The van der Waals surface area contributed by atoms with Crippen molar-refractivity contribution in [3.8, 4) is 5.75 Å². The average Bonchev–Trinajstić information content (AvgIpc) is 3.20. The van der Waals surface area contributed by atoms with Crippen LogP contribution in [0.1, 0.15) is 59.5 Å². The van der Waals surface area contributed by atoms with E-state index in [9.17, 15) is 14.3 Å². The molecule has 3 aromatic carbocycles. The summed E-state index contributed by atoms with van der Waals surface area (Å²) in [6.07, 6.45) is 3.21. The number of furan rings is 1. The van der Waals surface area contributed by atoms with E-state index in [1.807, 2.05) is 24.3 Å². The monoisotopic (exact) mass is 461 g/mol. The predicted octanol–water partition coefficient (Wildman–Crippen LogP) is 6.49. The second kappa shape index (κ2) is 9.11. The number of hydrogen-bond acceptors (Lipinski definition) is 5. The van der Waals surface area contributed by atoms with Gasteiger partial charge in [-0.1, -0.05) is 42.8 Å². The summed E-state index contributed by atoms with van der Waals surface area (Å²) in [5, 5.41) is 13.7. The summed E-state index contributed by atoms with van der Waals surface area (Å²) in [5.74, 6) is -0.247. The van der Waals surface area contributed by atoms with Gasteiger partial charge in [-0.25, -0.2) is 9.18 Å². The smallest absolute Gasteiger partial charge is 0.342 e. The number of benzene rings is 3. The van der Waals surface area contributed by atoms with E-state index in [-0.39, 0.29) is 24.2 Å². The van der Waals surface area contributed by atoms with Gasteiger partial charge in [-0.2, -0.15) is 0 Å². The first-order valence-electron chi connectivity index (χ1n) is 11.8. The molecule has 0 spiro atoms. The van der Waals surface area contributed by atoms with Crippen LogP contribution < -0.4 is 0 Å². The molecule has 1 unspecified atom stereocenters. The van der Waals surface area contributed by atoms with Crippen molar-refractivity contribution < 1.29 is 23.4 Å². The molecule has 4 aromatic rings. The fourth-order valence-electron chi connectivity index (χ4n) is 5.24. The Kier molecular flexibility index (Phi) is 6.00. The molecule has 1 N–H and O–H groups in total. The number of carbonyl (C=O) groups excluding carboxylic acids is 1. The number of phenols is 1. The summed E-state index contributed by atoms with van der Waals surface area (Å²) >= 11 is 0. The number of piperidine rings is 1. The van der Waals surface area contributed by atoms with Crippen molar-refractivity contribution in [3.63, 3.8) is 0 Å². The molecule has 1 aliphatic heterocycles. The summed E-state index contributed by atoms with van der Waals surface area (Å²) < 4.78 is 25.4. The third-order valence-corrected chi connectivity index (χ3v) is 6.73. The number of hydrogen-bond donors (Lipinski definition) is 1. The molecule has 34 heavy (non-hydrogen) atoms. The number of fused-ring (bicyclic) bond motifs is 3. The molecular weight excluding hydrogens is 433 g/mol. The second-order valence-electron chi connectivity index (χ2n) is 8.82. The van der Waals surface area contributed by atoms with E-state index < -0.39 is 5.97 Å². The Hall–Kier alpha value is -3.38. The fraction of sp³-hybridized carbons (Fsp3) is 0.321. The molecule has 0 saturated carbocycles. The summed E-state index contributed by atoms with van der Waals surface area (Å²) in [4.78, 5) is 15.4. The van der Waals surface area contributed by atoms with Crippen LogP contribution in [0.25, 0.3) is 21.7 Å². The van der Waals surface area contributed by atoms with Crippen LogP contribution in [0.5, 0.6) is 5.75 Å². The quantitative estimate of drug-likeness (QED) is 0.344. The van der Waals surface area contributed by atoms with Crippen molar-refractivity contribution in [2.45, 2.75) is 39.2 Å². The van der Waals surface area contributed by atoms with Crippen LogP contribution in [0, 0.1) is 12.7 Å². The Balaban J connectivity index is 1.89. The number of ether oxygens (including phenoxy) is 1. The predicted molar refractivity (Wildman–Crippen MR) is 130 cm³/mol. The third-order valence-electron chi connectivity index (χ3n) is 6.73. The maximum Gasteiger partial charge on any atom is 0.342 e.